The van der Waals surface area contributed by atoms with Crippen molar-refractivity contribution >= 4 is 29.1 Å². The maximum Gasteiger partial charge on any atom is 0.336 e. The molecule has 208 valence electrons. The largest absolute Gasteiger partial charge is 0.493 e. The minimum absolute atomic E-state index is 0.164. The molecule has 2 aromatic rings. The van der Waals surface area contributed by atoms with Crippen molar-refractivity contribution < 1.29 is 33.3 Å². The summed E-state index contributed by atoms with van der Waals surface area (Å²) < 4.78 is 21.9. The summed E-state index contributed by atoms with van der Waals surface area (Å²) >= 11 is 1.51. The van der Waals surface area contributed by atoms with E-state index >= 15 is 0 Å². The maximum absolute atomic E-state index is 14.4. The van der Waals surface area contributed by atoms with Crippen molar-refractivity contribution in [3.63, 3.8) is 0 Å². The number of ketones is 1. The van der Waals surface area contributed by atoms with Crippen LogP contribution in [0.1, 0.15) is 62.3 Å². The molecule has 39 heavy (non-hydrogen) atoms. The predicted octanol–water partition coefficient (Wildman–Crippen LogP) is 5.26. The summed E-state index contributed by atoms with van der Waals surface area (Å²) in [5, 5.41) is 5.38. The average molecular weight is 554 g/mol. The molecular weight excluding hydrogens is 518 g/mol. The van der Waals surface area contributed by atoms with Gasteiger partial charge in [-0.2, -0.15) is 0 Å². The third-order valence-electron chi connectivity index (χ3n) is 7.09. The number of esters is 2. The Hall–Kier alpha value is -3.59. The molecule has 1 aromatic carbocycles. The summed E-state index contributed by atoms with van der Waals surface area (Å²) in [6.45, 7) is 5.86. The first-order valence-corrected chi connectivity index (χ1v) is 14.1. The Kier molecular flexibility index (Phi) is 9.12. The van der Waals surface area contributed by atoms with Crippen LogP contribution in [0.4, 0.5) is 0 Å². The number of benzene rings is 1. The zero-order chi connectivity index (χ0) is 28.1. The molecule has 1 aliphatic carbocycles. The number of Topliss-reactive ketones (excluding diaryl/α,β-unsaturated/α-hetero) is 1. The number of nitrogens with one attached hydrogen (secondary N) is 1. The van der Waals surface area contributed by atoms with Gasteiger partial charge >= 0.3 is 11.9 Å². The van der Waals surface area contributed by atoms with Crippen LogP contribution in [0, 0.1) is 5.92 Å². The molecule has 2 heterocycles. The Morgan fingerprint density at radius 3 is 2.38 bits per heavy atom. The number of carbonyl (C=O) groups excluding carboxylic acids is 3. The van der Waals surface area contributed by atoms with Gasteiger partial charge in [0.1, 0.15) is 5.92 Å². The van der Waals surface area contributed by atoms with Crippen LogP contribution < -0.4 is 14.8 Å². The number of carbonyl (C=O) groups is 3. The molecule has 0 saturated heterocycles. The highest BCUT2D eigenvalue weighted by molar-refractivity contribution is 7.10. The molecule has 2 aliphatic rings. The quantitative estimate of drug-likeness (QED) is 0.314. The van der Waals surface area contributed by atoms with Crippen LogP contribution in [0.2, 0.25) is 0 Å². The molecular formula is C30H35NO7S. The highest BCUT2D eigenvalue weighted by Crippen LogP contribution is 2.50. The van der Waals surface area contributed by atoms with Crippen LogP contribution in [0.25, 0.3) is 0 Å². The standard InChI is InChI=1S/C30H35NO7S/c1-6-10-19-27(30(34)38-8-3)24(17-12-13-21(35-4)22(15-17)36-5)26-20(31-19)16-18(23-11-9-14-39-23)25(28(26)32)29(33)37-7-2/h9,11-15,18,24-25,31H,6-8,10,16H2,1-5H3/t18-,24-,25-/m0/s1. The third-order valence-corrected chi connectivity index (χ3v) is 8.09. The first kappa shape index (κ1) is 28.4. The zero-order valence-corrected chi connectivity index (χ0v) is 23.8. The van der Waals surface area contributed by atoms with Crippen molar-refractivity contribution in [1.29, 1.82) is 0 Å². The minimum atomic E-state index is -1.03. The van der Waals surface area contributed by atoms with Crippen LogP contribution in [-0.2, 0) is 23.9 Å². The third kappa shape index (κ3) is 5.45. The fraction of sp³-hybridized carbons (Fsp3) is 0.433. The second-order valence-electron chi connectivity index (χ2n) is 9.35. The lowest BCUT2D eigenvalue weighted by molar-refractivity contribution is -0.152. The van der Waals surface area contributed by atoms with Crippen LogP contribution in [0.3, 0.4) is 0 Å². The van der Waals surface area contributed by atoms with E-state index in [0.29, 0.717) is 41.1 Å². The van der Waals surface area contributed by atoms with Crippen molar-refractivity contribution in [3.05, 3.63) is 68.7 Å². The molecule has 1 N–H and O–H groups in total. The lowest BCUT2D eigenvalue weighted by Crippen LogP contribution is -2.43. The van der Waals surface area contributed by atoms with Crippen LogP contribution >= 0.6 is 11.3 Å². The van der Waals surface area contributed by atoms with E-state index in [1.807, 2.05) is 30.5 Å². The van der Waals surface area contributed by atoms with Crippen molar-refractivity contribution in [3.8, 4) is 11.5 Å². The van der Waals surface area contributed by atoms with E-state index in [-0.39, 0.29) is 24.9 Å². The molecule has 0 unspecified atom stereocenters. The highest BCUT2D eigenvalue weighted by atomic mass is 32.1. The first-order valence-electron chi connectivity index (χ1n) is 13.3. The number of rotatable bonds is 10. The van der Waals surface area contributed by atoms with Gasteiger partial charge in [0, 0.05) is 33.7 Å². The van der Waals surface area contributed by atoms with Gasteiger partial charge in [-0.25, -0.2) is 4.79 Å². The average Bonchev–Trinajstić information content (AvgIpc) is 3.47. The Bertz CT molecular complexity index is 1290. The molecule has 0 fully saturated rings. The number of allylic oxidation sites excluding steroid dienone is 3. The summed E-state index contributed by atoms with van der Waals surface area (Å²) in [6, 6.07) is 9.22. The highest BCUT2D eigenvalue weighted by Gasteiger charge is 2.49. The Morgan fingerprint density at radius 1 is 1.03 bits per heavy atom. The fourth-order valence-corrected chi connectivity index (χ4v) is 6.35. The van der Waals surface area contributed by atoms with Gasteiger partial charge in [0.25, 0.3) is 0 Å². The van der Waals surface area contributed by atoms with Gasteiger partial charge in [-0.05, 0) is 55.8 Å². The predicted molar refractivity (Wildman–Crippen MR) is 148 cm³/mol. The Balaban J connectivity index is 1.95. The van der Waals surface area contributed by atoms with E-state index in [4.69, 9.17) is 18.9 Å². The number of hydrogen-bond donors (Lipinski definition) is 1. The van der Waals surface area contributed by atoms with Crippen molar-refractivity contribution in [1.82, 2.24) is 5.32 Å². The first-order chi connectivity index (χ1) is 18.9. The summed E-state index contributed by atoms with van der Waals surface area (Å²) in [4.78, 5) is 42.1. The molecule has 4 rings (SSSR count). The number of dihydropyridines is 1. The molecule has 0 saturated carbocycles. The number of thiophene rings is 1. The van der Waals surface area contributed by atoms with Crippen LogP contribution in [0.5, 0.6) is 11.5 Å². The molecule has 0 radical (unpaired) electrons. The summed E-state index contributed by atoms with van der Waals surface area (Å²) in [5.41, 5.74) is 2.87. The van der Waals surface area contributed by atoms with Gasteiger partial charge in [-0.1, -0.05) is 25.5 Å². The molecule has 0 spiro atoms. The molecule has 1 aliphatic heterocycles. The normalized spacial score (nSPS) is 20.7. The number of hydrogen-bond acceptors (Lipinski definition) is 9. The van der Waals surface area contributed by atoms with E-state index in [1.165, 1.54) is 18.4 Å². The zero-order valence-electron chi connectivity index (χ0n) is 23.0. The summed E-state index contributed by atoms with van der Waals surface area (Å²) in [7, 11) is 3.08. The van der Waals surface area contributed by atoms with Gasteiger partial charge < -0.3 is 24.3 Å². The van der Waals surface area contributed by atoms with E-state index in [2.05, 4.69) is 5.32 Å². The van der Waals surface area contributed by atoms with Crippen LogP contribution in [-0.4, -0.2) is 45.2 Å². The van der Waals surface area contributed by atoms with E-state index in [0.717, 1.165) is 22.7 Å². The molecule has 3 atom stereocenters. The SMILES string of the molecule is CCCC1=C(C(=O)OCC)[C@@H](c2ccc(OC)c(OC)c2)C2=C(C[C@@H](c3cccs3)[C@H](C(=O)OCC)C2=O)N1. The van der Waals surface area contributed by atoms with Crippen molar-refractivity contribution in [2.24, 2.45) is 5.92 Å². The topological polar surface area (TPSA) is 100 Å². The van der Waals surface area contributed by atoms with Crippen molar-refractivity contribution in [2.45, 2.75) is 51.9 Å². The monoisotopic (exact) mass is 553 g/mol. The van der Waals surface area contributed by atoms with E-state index < -0.39 is 23.8 Å². The lowest BCUT2D eigenvalue weighted by Gasteiger charge is -2.39. The Morgan fingerprint density at radius 2 is 1.77 bits per heavy atom. The number of ether oxygens (including phenoxy) is 4. The van der Waals surface area contributed by atoms with Gasteiger partial charge in [0.05, 0.1) is 33.0 Å². The number of methoxy groups -OCH3 is 2. The Labute approximate surface area is 233 Å². The minimum Gasteiger partial charge on any atom is -0.493 e. The van der Waals surface area contributed by atoms with Crippen molar-refractivity contribution in [2.75, 3.05) is 27.4 Å². The molecule has 8 nitrogen and oxygen atoms in total. The lowest BCUT2D eigenvalue weighted by atomic mass is 9.68. The van der Waals surface area contributed by atoms with Gasteiger partial charge in [-0.3, -0.25) is 9.59 Å². The fourth-order valence-electron chi connectivity index (χ4n) is 5.48. The van der Waals surface area contributed by atoms with Crippen LogP contribution in [0.15, 0.2) is 58.3 Å². The van der Waals surface area contributed by atoms with Gasteiger partial charge in [0.2, 0.25) is 0 Å². The summed E-state index contributed by atoms with van der Waals surface area (Å²) in [6.07, 6.45) is 1.80. The molecule has 1 aromatic heterocycles. The molecule has 9 heteroatoms. The van der Waals surface area contributed by atoms with Gasteiger partial charge in [0.15, 0.2) is 17.3 Å². The smallest absolute Gasteiger partial charge is 0.336 e. The second-order valence-corrected chi connectivity index (χ2v) is 10.3. The summed E-state index contributed by atoms with van der Waals surface area (Å²) in [5.74, 6) is -2.56. The second kappa shape index (κ2) is 12.5. The van der Waals surface area contributed by atoms with E-state index in [9.17, 15) is 14.4 Å². The van der Waals surface area contributed by atoms with Gasteiger partial charge in [-0.15, -0.1) is 11.3 Å². The molecule has 0 bridgehead atoms. The molecule has 0 amide bonds. The van der Waals surface area contributed by atoms with E-state index in [1.54, 1.807) is 33.1 Å². The maximum atomic E-state index is 14.4.